The Balaban J connectivity index is 1.27. The Morgan fingerprint density at radius 1 is 0.304 bits per heavy atom. The largest absolute Gasteiger partial charge is 0.456 e. The molecule has 0 N–H and O–H groups in total. The fraction of sp³-hybridized carbons (Fsp3) is 0. The van der Waals surface area contributed by atoms with Gasteiger partial charge < -0.3 is 9.32 Å². The van der Waals surface area contributed by atoms with Gasteiger partial charge in [-0.2, -0.15) is 0 Å². The molecule has 0 aliphatic heterocycles. The first kappa shape index (κ1) is 32.0. The molecule has 1 heterocycles. The maximum Gasteiger partial charge on any atom is 0.137 e. The second-order valence-corrected chi connectivity index (χ2v) is 14.4. The summed E-state index contributed by atoms with van der Waals surface area (Å²) in [6, 6.07) is 76.5. The van der Waals surface area contributed by atoms with E-state index in [1.807, 2.05) is 6.07 Å². The number of hydrogen-bond donors (Lipinski definition) is 0. The zero-order valence-electron chi connectivity index (χ0n) is 30.6. The van der Waals surface area contributed by atoms with Gasteiger partial charge in [0.1, 0.15) is 11.2 Å². The van der Waals surface area contributed by atoms with Crippen molar-refractivity contribution in [3.05, 3.63) is 212 Å². The van der Waals surface area contributed by atoms with Gasteiger partial charge in [0.25, 0.3) is 0 Å². The number of fused-ring (bicyclic) bond motifs is 7. The van der Waals surface area contributed by atoms with Gasteiger partial charge in [-0.3, -0.25) is 0 Å². The minimum absolute atomic E-state index is 0.863. The highest BCUT2D eigenvalue weighted by Crippen LogP contribution is 2.50. The number of benzene rings is 10. The number of anilines is 3. The first-order chi connectivity index (χ1) is 27.8. The molecule has 0 spiro atoms. The van der Waals surface area contributed by atoms with E-state index in [4.69, 9.17) is 4.42 Å². The van der Waals surface area contributed by atoms with Crippen molar-refractivity contribution in [3.8, 4) is 33.4 Å². The second-order valence-electron chi connectivity index (χ2n) is 14.4. The average Bonchev–Trinajstić information content (AvgIpc) is 3.66. The lowest BCUT2D eigenvalue weighted by molar-refractivity contribution is 0.669. The fourth-order valence-corrected chi connectivity index (χ4v) is 8.83. The Bertz CT molecular complexity index is 3240. The maximum atomic E-state index is 6.51. The van der Waals surface area contributed by atoms with Crippen LogP contribution in [0.1, 0.15) is 0 Å². The normalized spacial score (nSPS) is 11.6. The van der Waals surface area contributed by atoms with E-state index in [0.29, 0.717) is 0 Å². The summed E-state index contributed by atoms with van der Waals surface area (Å²) in [4.78, 5) is 2.45. The molecule has 262 valence electrons. The number of rotatable bonds is 6. The molecule has 0 bridgehead atoms. The van der Waals surface area contributed by atoms with E-state index in [9.17, 15) is 0 Å². The third-order valence-corrected chi connectivity index (χ3v) is 11.2. The summed E-state index contributed by atoms with van der Waals surface area (Å²) in [6.45, 7) is 0. The Labute approximate surface area is 325 Å². The third-order valence-electron chi connectivity index (χ3n) is 11.2. The fourth-order valence-electron chi connectivity index (χ4n) is 8.83. The number of para-hydroxylation sites is 1. The van der Waals surface area contributed by atoms with Crippen molar-refractivity contribution in [2.45, 2.75) is 0 Å². The summed E-state index contributed by atoms with van der Waals surface area (Å²) >= 11 is 0. The molecular weight excluding hydrogens is 679 g/mol. The third kappa shape index (κ3) is 5.11. The summed E-state index contributed by atoms with van der Waals surface area (Å²) in [5.41, 5.74) is 12.2. The predicted molar refractivity (Wildman–Crippen MR) is 237 cm³/mol. The topological polar surface area (TPSA) is 16.4 Å². The van der Waals surface area contributed by atoms with Gasteiger partial charge in [0.15, 0.2) is 0 Å². The molecule has 0 radical (unpaired) electrons. The number of hydrogen-bond acceptors (Lipinski definition) is 2. The van der Waals surface area contributed by atoms with E-state index in [-0.39, 0.29) is 0 Å². The molecule has 0 saturated heterocycles. The minimum Gasteiger partial charge on any atom is -0.456 e. The Morgan fingerprint density at radius 2 is 0.839 bits per heavy atom. The van der Waals surface area contributed by atoms with Gasteiger partial charge in [-0.1, -0.05) is 176 Å². The van der Waals surface area contributed by atoms with Gasteiger partial charge in [-0.15, -0.1) is 0 Å². The van der Waals surface area contributed by atoms with Crippen LogP contribution < -0.4 is 4.90 Å². The van der Waals surface area contributed by atoms with Crippen LogP contribution in [0.25, 0.3) is 87.6 Å². The molecule has 0 saturated carbocycles. The van der Waals surface area contributed by atoms with Crippen LogP contribution >= 0.6 is 0 Å². The standard InChI is InChI=1S/C54H35NO/c1-4-17-36(18-5-1)40-33-34-48(44-25-12-10-23-41(40)44)55(49-28-16-30-51-54(49)46-27-14-15-29-50(46)56-51)39-31-32-43-42-24-11-13-26-45(42)52(37-19-6-2-7-20-37)53(47(43)35-39)38-21-8-3-9-22-38/h1-35H. The van der Waals surface area contributed by atoms with E-state index >= 15 is 0 Å². The van der Waals surface area contributed by atoms with Crippen molar-refractivity contribution in [2.75, 3.05) is 4.90 Å². The van der Waals surface area contributed by atoms with Crippen LogP contribution in [-0.4, -0.2) is 0 Å². The van der Waals surface area contributed by atoms with E-state index < -0.39 is 0 Å². The average molecular weight is 714 g/mol. The lowest BCUT2D eigenvalue weighted by Gasteiger charge is -2.29. The molecule has 0 atom stereocenters. The van der Waals surface area contributed by atoms with Crippen LogP contribution in [0.15, 0.2) is 217 Å². The summed E-state index contributed by atoms with van der Waals surface area (Å²) in [5, 5.41) is 9.46. The molecule has 0 amide bonds. The molecule has 0 aliphatic carbocycles. The summed E-state index contributed by atoms with van der Waals surface area (Å²) in [5.74, 6) is 0. The number of furan rings is 1. The molecular formula is C54H35NO. The van der Waals surface area contributed by atoms with Crippen molar-refractivity contribution in [1.82, 2.24) is 0 Å². The van der Waals surface area contributed by atoms with Crippen LogP contribution in [-0.2, 0) is 0 Å². The first-order valence-corrected chi connectivity index (χ1v) is 19.2. The van der Waals surface area contributed by atoms with Crippen molar-refractivity contribution in [2.24, 2.45) is 0 Å². The van der Waals surface area contributed by atoms with Crippen molar-refractivity contribution >= 4 is 71.3 Å². The van der Waals surface area contributed by atoms with Gasteiger partial charge in [0.2, 0.25) is 0 Å². The van der Waals surface area contributed by atoms with Crippen LogP contribution in [0.4, 0.5) is 17.1 Å². The number of nitrogens with zero attached hydrogens (tertiary/aromatic N) is 1. The monoisotopic (exact) mass is 713 g/mol. The van der Waals surface area contributed by atoms with Crippen LogP contribution in [0.5, 0.6) is 0 Å². The summed E-state index contributed by atoms with van der Waals surface area (Å²) in [7, 11) is 0. The van der Waals surface area contributed by atoms with E-state index in [1.165, 1.54) is 65.7 Å². The quantitative estimate of drug-likeness (QED) is 0.160. The summed E-state index contributed by atoms with van der Waals surface area (Å²) in [6.07, 6.45) is 0. The molecule has 11 aromatic rings. The highest BCUT2D eigenvalue weighted by atomic mass is 16.3. The van der Waals surface area contributed by atoms with Crippen molar-refractivity contribution in [3.63, 3.8) is 0 Å². The van der Waals surface area contributed by atoms with Crippen LogP contribution in [0.3, 0.4) is 0 Å². The van der Waals surface area contributed by atoms with Gasteiger partial charge in [0, 0.05) is 16.5 Å². The lowest BCUT2D eigenvalue weighted by atomic mass is 9.85. The highest BCUT2D eigenvalue weighted by molar-refractivity contribution is 6.23. The molecule has 0 fully saturated rings. The minimum atomic E-state index is 0.863. The van der Waals surface area contributed by atoms with Gasteiger partial charge >= 0.3 is 0 Å². The smallest absolute Gasteiger partial charge is 0.137 e. The van der Waals surface area contributed by atoms with E-state index in [0.717, 1.165) is 39.0 Å². The van der Waals surface area contributed by atoms with E-state index in [1.54, 1.807) is 0 Å². The molecule has 10 aromatic carbocycles. The van der Waals surface area contributed by atoms with Gasteiger partial charge in [0.05, 0.1) is 16.8 Å². The predicted octanol–water partition coefficient (Wildman–Crippen LogP) is 15.5. The molecule has 56 heavy (non-hydrogen) atoms. The van der Waals surface area contributed by atoms with Crippen LogP contribution in [0, 0.1) is 0 Å². The zero-order chi connectivity index (χ0) is 37.0. The Kier molecular flexibility index (Phi) is 7.53. The molecule has 2 nitrogen and oxygen atoms in total. The Morgan fingerprint density at radius 3 is 1.55 bits per heavy atom. The van der Waals surface area contributed by atoms with Gasteiger partial charge in [-0.05, 0) is 96.7 Å². The SMILES string of the molecule is c1ccc(-c2ccc(N(c3ccc4c(c3)c(-c3ccccc3)c(-c3ccccc3)c3ccccc34)c3cccc4oc5ccccc5c34)c3ccccc23)cc1. The first-order valence-electron chi connectivity index (χ1n) is 19.2. The second kappa shape index (κ2) is 13.2. The van der Waals surface area contributed by atoms with Crippen molar-refractivity contribution < 1.29 is 4.42 Å². The zero-order valence-corrected chi connectivity index (χ0v) is 30.6. The maximum absolute atomic E-state index is 6.51. The van der Waals surface area contributed by atoms with Crippen LogP contribution in [0.2, 0.25) is 0 Å². The van der Waals surface area contributed by atoms with Gasteiger partial charge in [-0.25, -0.2) is 0 Å². The molecule has 0 unspecified atom stereocenters. The molecule has 0 aliphatic rings. The van der Waals surface area contributed by atoms with E-state index in [2.05, 4.69) is 211 Å². The highest BCUT2D eigenvalue weighted by Gasteiger charge is 2.24. The molecule has 2 heteroatoms. The summed E-state index contributed by atoms with van der Waals surface area (Å²) < 4.78 is 6.51. The molecule has 1 aromatic heterocycles. The lowest BCUT2D eigenvalue weighted by Crippen LogP contribution is -2.11. The molecule has 11 rings (SSSR count). The Hall–Kier alpha value is -7.42. The van der Waals surface area contributed by atoms with Crippen molar-refractivity contribution in [1.29, 1.82) is 0 Å².